The number of hydrogen-bond donors (Lipinski definition) is 1. The zero-order valence-electron chi connectivity index (χ0n) is 11.1. The molecule has 0 spiro atoms. The highest BCUT2D eigenvalue weighted by molar-refractivity contribution is 7.99. The summed E-state index contributed by atoms with van der Waals surface area (Å²) < 4.78 is 5.68. The van der Waals surface area contributed by atoms with Crippen LogP contribution < -0.4 is 10.1 Å². The van der Waals surface area contributed by atoms with Crippen molar-refractivity contribution in [3.8, 4) is 5.75 Å². The van der Waals surface area contributed by atoms with Crippen LogP contribution in [0.1, 0.15) is 26.2 Å². The third kappa shape index (κ3) is 4.54. The van der Waals surface area contributed by atoms with Crippen molar-refractivity contribution in [2.24, 2.45) is 0 Å². The van der Waals surface area contributed by atoms with E-state index in [1.807, 2.05) is 30.3 Å². The lowest BCUT2D eigenvalue weighted by Gasteiger charge is -2.29. The Morgan fingerprint density at radius 3 is 2.94 bits per heavy atom. The summed E-state index contributed by atoms with van der Waals surface area (Å²) in [4.78, 5) is 0. The SMILES string of the molecule is CC1SCCCC1NCCCOc1ccccc1. The molecule has 2 atom stereocenters. The Labute approximate surface area is 114 Å². The van der Waals surface area contributed by atoms with E-state index in [0.717, 1.165) is 30.6 Å². The van der Waals surface area contributed by atoms with Gasteiger partial charge in [0, 0.05) is 11.3 Å². The molecule has 18 heavy (non-hydrogen) atoms. The van der Waals surface area contributed by atoms with Crippen LogP contribution in [0.3, 0.4) is 0 Å². The zero-order chi connectivity index (χ0) is 12.6. The molecule has 3 heteroatoms. The first-order valence-corrected chi connectivity index (χ1v) is 7.94. The Balaban J connectivity index is 1.56. The summed E-state index contributed by atoms with van der Waals surface area (Å²) in [5.74, 6) is 2.30. The molecule has 1 fully saturated rings. The minimum Gasteiger partial charge on any atom is -0.494 e. The highest BCUT2D eigenvalue weighted by atomic mass is 32.2. The van der Waals surface area contributed by atoms with Crippen LogP contribution in [0.15, 0.2) is 30.3 Å². The highest BCUT2D eigenvalue weighted by Gasteiger charge is 2.20. The van der Waals surface area contributed by atoms with E-state index >= 15 is 0 Å². The normalized spacial score (nSPS) is 23.8. The van der Waals surface area contributed by atoms with E-state index in [1.54, 1.807) is 0 Å². The Kier molecular flexibility index (Phi) is 5.88. The Bertz CT molecular complexity index is 331. The quantitative estimate of drug-likeness (QED) is 0.797. The Hall–Kier alpha value is -0.670. The van der Waals surface area contributed by atoms with Crippen LogP contribution in [0.4, 0.5) is 0 Å². The molecule has 0 amide bonds. The van der Waals surface area contributed by atoms with E-state index in [0.29, 0.717) is 6.04 Å². The minimum atomic E-state index is 0.695. The molecule has 1 aromatic carbocycles. The average Bonchev–Trinajstić information content (AvgIpc) is 2.42. The van der Waals surface area contributed by atoms with E-state index in [1.165, 1.54) is 18.6 Å². The van der Waals surface area contributed by atoms with Gasteiger partial charge in [-0.05, 0) is 43.7 Å². The highest BCUT2D eigenvalue weighted by Crippen LogP contribution is 2.24. The summed E-state index contributed by atoms with van der Waals surface area (Å²) in [6.45, 7) is 4.19. The van der Waals surface area contributed by atoms with Gasteiger partial charge in [-0.1, -0.05) is 25.1 Å². The van der Waals surface area contributed by atoms with Crippen LogP contribution in [-0.4, -0.2) is 30.2 Å². The van der Waals surface area contributed by atoms with Gasteiger partial charge in [0.25, 0.3) is 0 Å². The molecule has 100 valence electrons. The maximum Gasteiger partial charge on any atom is 0.119 e. The average molecular weight is 265 g/mol. The van der Waals surface area contributed by atoms with Crippen molar-refractivity contribution in [2.45, 2.75) is 37.5 Å². The van der Waals surface area contributed by atoms with Crippen molar-refractivity contribution in [3.63, 3.8) is 0 Å². The molecule has 1 aromatic rings. The number of para-hydroxylation sites is 1. The number of thioether (sulfide) groups is 1. The van der Waals surface area contributed by atoms with Crippen LogP contribution in [-0.2, 0) is 0 Å². The summed E-state index contributed by atoms with van der Waals surface area (Å²) in [7, 11) is 0. The standard InChI is InChI=1S/C15H23NOS/c1-13-15(9-5-12-18-13)16-10-6-11-17-14-7-3-2-4-8-14/h2-4,7-8,13,15-16H,5-6,9-12H2,1H3. The monoisotopic (exact) mass is 265 g/mol. The topological polar surface area (TPSA) is 21.3 Å². The smallest absolute Gasteiger partial charge is 0.119 e. The molecule has 1 aliphatic heterocycles. The van der Waals surface area contributed by atoms with Gasteiger partial charge >= 0.3 is 0 Å². The first-order valence-electron chi connectivity index (χ1n) is 6.89. The minimum absolute atomic E-state index is 0.695. The number of benzene rings is 1. The number of ether oxygens (including phenoxy) is 1. The van der Waals surface area contributed by atoms with Crippen molar-refractivity contribution >= 4 is 11.8 Å². The third-order valence-corrected chi connectivity index (χ3v) is 4.73. The fourth-order valence-corrected chi connectivity index (χ4v) is 3.43. The zero-order valence-corrected chi connectivity index (χ0v) is 11.9. The lowest BCUT2D eigenvalue weighted by atomic mass is 10.1. The molecule has 0 bridgehead atoms. The molecule has 0 aliphatic carbocycles. The summed E-state index contributed by atoms with van der Waals surface area (Å²) in [5.41, 5.74) is 0. The number of nitrogens with one attached hydrogen (secondary N) is 1. The van der Waals surface area contributed by atoms with Crippen LogP contribution >= 0.6 is 11.8 Å². The maximum atomic E-state index is 5.68. The molecule has 2 nitrogen and oxygen atoms in total. The van der Waals surface area contributed by atoms with E-state index in [-0.39, 0.29) is 0 Å². The lowest BCUT2D eigenvalue weighted by Crippen LogP contribution is -2.40. The van der Waals surface area contributed by atoms with Crippen LogP contribution in [0.2, 0.25) is 0 Å². The molecule has 0 radical (unpaired) electrons. The molecule has 1 aliphatic rings. The van der Waals surface area contributed by atoms with Gasteiger partial charge in [-0.2, -0.15) is 11.8 Å². The largest absolute Gasteiger partial charge is 0.494 e. The Morgan fingerprint density at radius 1 is 1.33 bits per heavy atom. The summed E-state index contributed by atoms with van der Waals surface area (Å²) in [6, 6.07) is 10.7. The van der Waals surface area contributed by atoms with Crippen molar-refractivity contribution < 1.29 is 4.74 Å². The van der Waals surface area contributed by atoms with Gasteiger partial charge in [0.05, 0.1) is 6.61 Å². The maximum absolute atomic E-state index is 5.68. The van der Waals surface area contributed by atoms with Gasteiger partial charge in [0.15, 0.2) is 0 Å². The second-order valence-electron chi connectivity index (χ2n) is 4.79. The fourth-order valence-electron chi connectivity index (χ4n) is 2.26. The molecule has 1 saturated heterocycles. The molecule has 1 heterocycles. The van der Waals surface area contributed by atoms with E-state index < -0.39 is 0 Å². The van der Waals surface area contributed by atoms with Gasteiger partial charge in [0.1, 0.15) is 5.75 Å². The molecule has 0 saturated carbocycles. The number of rotatable bonds is 6. The van der Waals surface area contributed by atoms with Gasteiger partial charge in [-0.25, -0.2) is 0 Å². The van der Waals surface area contributed by atoms with Crippen molar-refractivity contribution in [1.29, 1.82) is 0 Å². The summed E-state index contributed by atoms with van der Waals surface area (Å²) >= 11 is 2.09. The van der Waals surface area contributed by atoms with E-state index in [2.05, 4.69) is 24.0 Å². The van der Waals surface area contributed by atoms with Crippen molar-refractivity contribution in [2.75, 3.05) is 18.9 Å². The second-order valence-corrected chi connectivity index (χ2v) is 6.28. The first kappa shape index (κ1) is 13.8. The third-order valence-electron chi connectivity index (χ3n) is 3.35. The first-order chi connectivity index (χ1) is 8.86. The molecule has 1 N–H and O–H groups in total. The van der Waals surface area contributed by atoms with E-state index in [9.17, 15) is 0 Å². The van der Waals surface area contributed by atoms with Gasteiger partial charge < -0.3 is 10.1 Å². The predicted molar refractivity (Wildman–Crippen MR) is 79.5 cm³/mol. The lowest BCUT2D eigenvalue weighted by molar-refractivity contribution is 0.303. The molecular formula is C15H23NOS. The van der Waals surface area contributed by atoms with Gasteiger partial charge in [-0.3, -0.25) is 0 Å². The predicted octanol–water partition coefficient (Wildman–Crippen LogP) is 3.33. The van der Waals surface area contributed by atoms with Gasteiger partial charge in [-0.15, -0.1) is 0 Å². The summed E-state index contributed by atoms with van der Waals surface area (Å²) in [6.07, 6.45) is 3.75. The Morgan fingerprint density at radius 2 is 2.17 bits per heavy atom. The van der Waals surface area contributed by atoms with Crippen molar-refractivity contribution in [3.05, 3.63) is 30.3 Å². The second kappa shape index (κ2) is 7.70. The fraction of sp³-hybridized carbons (Fsp3) is 0.600. The van der Waals surface area contributed by atoms with Crippen LogP contribution in [0.5, 0.6) is 5.75 Å². The molecule has 2 unspecified atom stereocenters. The molecular weight excluding hydrogens is 242 g/mol. The van der Waals surface area contributed by atoms with Crippen molar-refractivity contribution in [1.82, 2.24) is 5.32 Å². The van der Waals surface area contributed by atoms with E-state index in [4.69, 9.17) is 4.74 Å². The molecule has 2 rings (SSSR count). The van der Waals surface area contributed by atoms with Crippen LogP contribution in [0.25, 0.3) is 0 Å². The number of hydrogen-bond acceptors (Lipinski definition) is 3. The van der Waals surface area contributed by atoms with Gasteiger partial charge in [0.2, 0.25) is 0 Å². The van der Waals surface area contributed by atoms with Crippen LogP contribution in [0, 0.1) is 0 Å². The molecule has 0 aromatic heterocycles. The summed E-state index contributed by atoms with van der Waals surface area (Å²) in [5, 5.41) is 4.41.